The van der Waals surface area contributed by atoms with Crippen LogP contribution in [-0.4, -0.2) is 5.91 Å². The zero-order chi connectivity index (χ0) is 13.0. The van der Waals surface area contributed by atoms with Gasteiger partial charge in [-0.1, -0.05) is 24.3 Å². The summed E-state index contributed by atoms with van der Waals surface area (Å²) in [6, 6.07) is 13.3. The molecular formula is C14H13FNOS+. The van der Waals surface area contributed by atoms with E-state index in [9.17, 15) is 9.18 Å². The molecule has 0 saturated carbocycles. The van der Waals surface area contributed by atoms with Crippen molar-refractivity contribution < 1.29 is 14.5 Å². The van der Waals surface area contributed by atoms with Crippen molar-refractivity contribution in [1.29, 1.82) is 0 Å². The Hall–Kier alpha value is -1.65. The Morgan fingerprint density at radius 3 is 2.44 bits per heavy atom. The lowest BCUT2D eigenvalue weighted by atomic mass is 10.2. The molecular weight excluding hydrogens is 249 g/mol. The molecule has 0 heterocycles. The lowest BCUT2D eigenvalue weighted by molar-refractivity contribution is -0.572. The van der Waals surface area contributed by atoms with E-state index in [1.165, 1.54) is 12.1 Å². The molecule has 18 heavy (non-hydrogen) atoms. The summed E-state index contributed by atoms with van der Waals surface area (Å²) in [6.07, 6.45) is 0. The number of hydrogen-bond donors (Lipinski definition) is 2. The first-order valence-electron chi connectivity index (χ1n) is 5.57. The van der Waals surface area contributed by atoms with Crippen molar-refractivity contribution >= 4 is 18.5 Å². The summed E-state index contributed by atoms with van der Waals surface area (Å²) in [4.78, 5) is 12.6. The summed E-state index contributed by atoms with van der Waals surface area (Å²) in [5.74, 6) is -0.337. The molecule has 2 rings (SSSR count). The molecule has 0 saturated heterocycles. The van der Waals surface area contributed by atoms with Crippen LogP contribution < -0.4 is 5.32 Å². The predicted molar refractivity (Wildman–Crippen MR) is 70.1 cm³/mol. The number of quaternary nitrogens is 1. The van der Waals surface area contributed by atoms with Crippen molar-refractivity contribution in [3.8, 4) is 0 Å². The van der Waals surface area contributed by atoms with Gasteiger partial charge in [-0.3, -0.25) is 5.32 Å². The number of carbonyl (C=O) groups is 1. The van der Waals surface area contributed by atoms with Gasteiger partial charge < -0.3 is 0 Å². The summed E-state index contributed by atoms with van der Waals surface area (Å²) in [5.41, 5.74) is 1.49. The highest BCUT2D eigenvalue weighted by atomic mass is 32.1. The number of rotatable bonds is 3. The van der Waals surface area contributed by atoms with Crippen molar-refractivity contribution in [2.24, 2.45) is 0 Å². The van der Waals surface area contributed by atoms with Crippen molar-refractivity contribution in [3.05, 3.63) is 65.5 Å². The smallest absolute Gasteiger partial charge is 0.275 e. The number of thiol groups is 1. The van der Waals surface area contributed by atoms with Crippen LogP contribution in [0.1, 0.15) is 15.9 Å². The van der Waals surface area contributed by atoms with Gasteiger partial charge in [0.05, 0.1) is 5.56 Å². The lowest BCUT2D eigenvalue weighted by Crippen LogP contribution is -2.86. The summed E-state index contributed by atoms with van der Waals surface area (Å²) < 4.78 is 12.7. The number of carbonyl (C=O) groups excluding carboxylic acids is 1. The van der Waals surface area contributed by atoms with Gasteiger partial charge in [0.1, 0.15) is 12.4 Å². The molecule has 0 aliphatic heterocycles. The number of amides is 1. The molecule has 0 aliphatic carbocycles. The Balaban J connectivity index is 2.01. The highest BCUT2D eigenvalue weighted by molar-refractivity contribution is 7.80. The van der Waals surface area contributed by atoms with E-state index < -0.39 is 0 Å². The molecule has 2 nitrogen and oxygen atoms in total. The van der Waals surface area contributed by atoms with Gasteiger partial charge in [0.2, 0.25) is 0 Å². The zero-order valence-electron chi connectivity index (χ0n) is 9.64. The average molecular weight is 262 g/mol. The van der Waals surface area contributed by atoms with E-state index in [4.69, 9.17) is 0 Å². The molecule has 0 bridgehead atoms. The Kier molecular flexibility index (Phi) is 4.12. The maximum atomic E-state index is 12.7. The SMILES string of the molecule is O=C([NH2+]Cc1ccc(F)cc1)c1ccccc1S. The van der Waals surface area contributed by atoms with Gasteiger partial charge in [-0.2, -0.15) is 0 Å². The van der Waals surface area contributed by atoms with Gasteiger partial charge in [0, 0.05) is 10.5 Å². The fourth-order valence-electron chi connectivity index (χ4n) is 1.62. The molecule has 0 fully saturated rings. The maximum Gasteiger partial charge on any atom is 0.344 e. The zero-order valence-corrected chi connectivity index (χ0v) is 10.5. The summed E-state index contributed by atoms with van der Waals surface area (Å²) >= 11 is 4.24. The molecule has 0 aliphatic rings. The standard InChI is InChI=1S/C14H12FNOS/c15-11-7-5-10(6-8-11)9-16-14(17)12-3-1-2-4-13(12)18/h1-8,18H,9H2,(H,16,17)/p+1. The van der Waals surface area contributed by atoms with Crippen LogP contribution in [0.25, 0.3) is 0 Å². The van der Waals surface area contributed by atoms with Crippen LogP contribution in [0.3, 0.4) is 0 Å². The second-order valence-electron chi connectivity index (χ2n) is 3.92. The quantitative estimate of drug-likeness (QED) is 0.815. The summed E-state index contributed by atoms with van der Waals surface area (Å²) in [7, 11) is 0. The van der Waals surface area contributed by atoms with E-state index in [0.29, 0.717) is 17.0 Å². The van der Waals surface area contributed by atoms with Gasteiger partial charge in [-0.05, 0) is 24.3 Å². The molecule has 4 heteroatoms. The minimum Gasteiger partial charge on any atom is -0.275 e. The molecule has 2 aromatic rings. The third-order valence-corrected chi connectivity index (χ3v) is 3.00. The van der Waals surface area contributed by atoms with Gasteiger partial charge in [0.25, 0.3) is 0 Å². The fourth-order valence-corrected chi connectivity index (χ4v) is 1.89. The second-order valence-corrected chi connectivity index (χ2v) is 4.40. The lowest BCUT2D eigenvalue weighted by Gasteiger charge is -2.02. The minimum absolute atomic E-state index is 0.0649. The van der Waals surface area contributed by atoms with E-state index in [1.54, 1.807) is 35.6 Å². The van der Waals surface area contributed by atoms with Crippen molar-refractivity contribution in [2.75, 3.05) is 0 Å². The first-order chi connectivity index (χ1) is 8.66. The largest absolute Gasteiger partial charge is 0.344 e. The van der Waals surface area contributed by atoms with Crippen LogP contribution in [0, 0.1) is 5.82 Å². The van der Waals surface area contributed by atoms with Gasteiger partial charge in [-0.25, -0.2) is 9.18 Å². The molecule has 2 N–H and O–H groups in total. The highest BCUT2D eigenvalue weighted by Crippen LogP contribution is 2.11. The topological polar surface area (TPSA) is 33.7 Å². The highest BCUT2D eigenvalue weighted by Gasteiger charge is 2.12. The second kappa shape index (κ2) is 5.80. The number of halogens is 1. The molecule has 0 radical (unpaired) electrons. The Morgan fingerprint density at radius 1 is 1.11 bits per heavy atom. The van der Waals surface area contributed by atoms with E-state index in [-0.39, 0.29) is 11.7 Å². The van der Waals surface area contributed by atoms with Crippen LogP contribution in [0.4, 0.5) is 4.39 Å². The van der Waals surface area contributed by atoms with Gasteiger partial charge in [0.15, 0.2) is 0 Å². The molecule has 1 amide bonds. The van der Waals surface area contributed by atoms with Crippen LogP contribution in [0.15, 0.2) is 53.4 Å². The Bertz CT molecular complexity index is 554. The maximum absolute atomic E-state index is 12.7. The van der Waals surface area contributed by atoms with Crippen molar-refractivity contribution in [1.82, 2.24) is 0 Å². The molecule has 2 aromatic carbocycles. The molecule has 0 aromatic heterocycles. The molecule has 92 valence electrons. The molecule has 0 atom stereocenters. The number of benzene rings is 2. The monoisotopic (exact) mass is 262 g/mol. The normalized spacial score (nSPS) is 10.3. The van der Waals surface area contributed by atoms with Crippen LogP contribution in [-0.2, 0) is 6.54 Å². The third-order valence-electron chi connectivity index (χ3n) is 2.61. The summed E-state index contributed by atoms with van der Waals surface area (Å²) in [5, 5.41) is 1.59. The first kappa shape index (κ1) is 12.8. The van der Waals surface area contributed by atoms with E-state index in [0.717, 1.165) is 5.56 Å². The fraction of sp³-hybridized carbons (Fsp3) is 0.0714. The van der Waals surface area contributed by atoms with E-state index in [1.807, 2.05) is 6.07 Å². The van der Waals surface area contributed by atoms with Crippen molar-refractivity contribution in [3.63, 3.8) is 0 Å². The Labute approximate surface area is 110 Å². The number of primary amides is 1. The number of nitrogens with two attached hydrogens (primary N) is 1. The van der Waals surface area contributed by atoms with Gasteiger partial charge in [-0.15, -0.1) is 12.6 Å². The summed E-state index contributed by atoms with van der Waals surface area (Å²) in [6.45, 7) is 0.487. The minimum atomic E-state index is -0.272. The third kappa shape index (κ3) is 3.18. The average Bonchev–Trinajstić information content (AvgIpc) is 2.38. The molecule has 0 spiro atoms. The van der Waals surface area contributed by atoms with Crippen LogP contribution in [0.2, 0.25) is 0 Å². The van der Waals surface area contributed by atoms with Crippen molar-refractivity contribution in [2.45, 2.75) is 11.4 Å². The van der Waals surface area contributed by atoms with Crippen LogP contribution >= 0.6 is 12.6 Å². The first-order valence-corrected chi connectivity index (χ1v) is 6.01. The van der Waals surface area contributed by atoms with E-state index >= 15 is 0 Å². The van der Waals surface area contributed by atoms with Gasteiger partial charge >= 0.3 is 5.91 Å². The van der Waals surface area contributed by atoms with Crippen LogP contribution in [0.5, 0.6) is 0 Å². The number of hydrogen-bond acceptors (Lipinski definition) is 2. The Morgan fingerprint density at radius 2 is 1.78 bits per heavy atom. The predicted octanol–water partition coefficient (Wildman–Crippen LogP) is 2.02. The van der Waals surface area contributed by atoms with E-state index in [2.05, 4.69) is 12.6 Å². The molecule has 0 unspecified atom stereocenters.